The molecule has 35 heavy (non-hydrogen) atoms. The molecule has 3 N–H and O–H groups in total. The summed E-state index contributed by atoms with van der Waals surface area (Å²) in [7, 11) is 0. The molecule has 3 unspecified atom stereocenters. The summed E-state index contributed by atoms with van der Waals surface area (Å²) < 4.78 is 11.1. The Morgan fingerprint density at radius 3 is 2.26 bits per heavy atom. The molecule has 1 aliphatic heterocycles. The Morgan fingerprint density at radius 1 is 1.00 bits per heavy atom. The standard InChI is InChI=1S/C27H30N2O6/c30-25(31)12-23(16-6-5-7-16)28-26(32)22-13-34-15-24(22)29-27(33)35-14-21-19-10-3-1-8-17(19)18-9-2-4-11-20(18)21/h1-4,8-11,16,21-24H,5-7,12-15H2,(H,28,32)(H,29,33)(H,30,31). The van der Waals surface area contributed by atoms with Gasteiger partial charge in [-0.1, -0.05) is 55.0 Å². The first-order chi connectivity index (χ1) is 17.0. The summed E-state index contributed by atoms with van der Waals surface area (Å²) in [5, 5.41) is 14.9. The van der Waals surface area contributed by atoms with Gasteiger partial charge in [0.1, 0.15) is 6.61 Å². The van der Waals surface area contributed by atoms with E-state index in [2.05, 4.69) is 34.9 Å². The first-order valence-electron chi connectivity index (χ1n) is 12.2. The lowest BCUT2D eigenvalue weighted by molar-refractivity contribution is -0.138. The highest BCUT2D eigenvalue weighted by molar-refractivity contribution is 5.82. The smallest absolute Gasteiger partial charge is 0.407 e. The number of aliphatic carboxylic acids is 1. The van der Waals surface area contributed by atoms with Gasteiger partial charge in [0, 0.05) is 12.0 Å². The fourth-order valence-corrected chi connectivity index (χ4v) is 5.40. The van der Waals surface area contributed by atoms with Gasteiger partial charge in [0.15, 0.2) is 0 Å². The predicted octanol–water partition coefficient (Wildman–Crippen LogP) is 3.30. The molecule has 1 saturated heterocycles. The predicted molar refractivity (Wildman–Crippen MR) is 128 cm³/mol. The van der Waals surface area contributed by atoms with E-state index < -0.39 is 30.1 Å². The largest absolute Gasteiger partial charge is 0.481 e. The van der Waals surface area contributed by atoms with E-state index >= 15 is 0 Å². The molecule has 3 atom stereocenters. The molecule has 0 bridgehead atoms. The molecular formula is C27H30N2O6. The van der Waals surface area contributed by atoms with Crippen molar-refractivity contribution in [1.29, 1.82) is 0 Å². The first-order valence-corrected chi connectivity index (χ1v) is 12.2. The molecule has 184 valence electrons. The minimum atomic E-state index is -0.932. The fourth-order valence-electron chi connectivity index (χ4n) is 5.40. The minimum absolute atomic E-state index is 0.0497. The SMILES string of the molecule is O=C(O)CC(NC(=O)C1COCC1NC(=O)OCC1c2ccccc2-c2ccccc21)C1CCC1. The Kier molecular flexibility index (Phi) is 6.72. The summed E-state index contributed by atoms with van der Waals surface area (Å²) in [4.78, 5) is 36.9. The van der Waals surface area contributed by atoms with Crippen molar-refractivity contribution < 1.29 is 29.0 Å². The van der Waals surface area contributed by atoms with E-state index in [9.17, 15) is 19.5 Å². The van der Waals surface area contributed by atoms with E-state index in [1.165, 1.54) is 0 Å². The molecular weight excluding hydrogens is 448 g/mol. The van der Waals surface area contributed by atoms with Crippen LogP contribution in [0.15, 0.2) is 48.5 Å². The summed E-state index contributed by atoms with van der Waals surface area (Å²) in [6, 6.07) is 15.3. The van der Waals surface area contributed by atoms with Gasteiger partial charge in [-0.25, -0.2) is 4.79 Å². The second-order valence-corrected chi connectivity index (χ2v) is 9.62. The molecule has 8 nitrogen and oxygen atoms in total. The van der Waals surface area contributed by atoms with E-state index in [4.69, 9.17) is 9.47 Å². The highest BCUT2D eigenvalue weighted by Gasteiger charge is 2.39. The normalized spacial score (nSPS) is 21.9. The van der Waals surface area contributed by atoms with Crippen LogP contribution in [0, 0.1) is 11.8 Å². The third kappa shape index (κ3) is 4.89. The third-order valence-corrected chi connectivity index (χ3v) is 7.51. The van der Waals surface area contributed by atoms with Crippen LogP contribution in [-0.4, -0.2) is 55.0 Å². The number of alkyl carbamates (subject to hydrolysis) is 1. The quantitative estimate of drug-likeness (QED) is 0.537. The Balaban J connectivity index is 1.18. The Bertz CT molecular complexity index is 1070. The molecule has 3 aliphatic rings. The van der Waals surface area contributed by atoms with E-state index in [-0.39, 0.29) is 44.0 Å². The van der Waals surface area contributed by atoms with Gasteiger partial charge >= 0.3 is 12.1 Å². The Hall–Kier alpha value is -3.39. The van der Waals surface area contributed by atoms with Crippen molar-refractivity contribution in [3.05, 3.63) is 59.7 Å². The topological polar surface area (TPSA) is 114 Å². The molecule has 2 aliphatic carbocycles. The fraction of sp³-hybridized carbons (Fsp3) is 0.444. The van der Waals surface area contributed by atoms with Gasteiger partial charge < -0.3 is 25.2 Å². The number of hydrogen-bond acceptors (Lipinski definition) is 5. The molecule has 0 aromatic heterocycles. The van der Waals surface area contributed by atoms with Gasteiger partial charge in [0.05, 0.1) is 31.6 Å². The number of amides is 2. The summed E-state index contributed by atoms with van der Waals surface area (Å²) in [6.45, 7) is 0.562. The monoisotopic (exact) mass is 478 g/mol. The zero-order valence-electron chi connectivity index (χ0n) is 19.4. The van der Waals surface area contributed by atoms with Crippen molar-refractivity contribution in [2.75, 3.05) is 19.8 Å². The van der Waals surface area contributed by atoms with E-state index in [0.29, 0.717) is 0 Å². The molecule has 2 aromatic rings. The van der Waals surface area contributed by atoms with Crippen LogP contribution in [0.25, 0.3) is 11.1 Å². The first kappa shape index (κ1) is 23.4. The van der Waals surface area contributed by atoms with Crippen molar-refractivity contribution in [3.8, 4) is 11.1 Å². The molecule has 2 amide bonds. The minimum Gasteiger partial charge on any atom is -0.481 e. The number of carboxylic acid groups (broad SMARTS) is 1. The van der Waals surface area contributed by atoms with E-state index in [1.807, 2.05) is 24.3 Å². The summed E-state index contributed by atoms with van der Waals surface area (Å²) in [5.74, 6) is -1.67. The van der Waals surface area contributed by atoms with Crippen LogP contribution < -0.4 is 10.6 Å². The molecule has 0 spiro atoms. The number of benzene rings is 2. The van der Waals surface area contributed by atoms with Crippen LogP contribution >= 0.6 is 0 Å². The van der Waals surface area contributed by atoms with Crippen LogP contribution in [0.5, 0.6) is 0 Å². The van der Waals surface area contributed by atoms with Crippen LogP contribution in [0.1, 0.15) is 42.7 Å². The Morgan fingerprint density at radius 2 is 1.66 bits per heavy atom. The van der Waals surface area contributed by atoms with Gasteiger partial charge in [-0.05, 0) is 41.0 Å². The number of fused-ring (bicyclic) bond motifs is 3. The Labute approximate surface area is 204 Å². The zero-order chi connectivity index (χ0) is 24.4. The molecule has 8 heteroatoms. The number of carbonyl (C=O) groups excluding carboxylic acids is 2. The van der Waals surface area contributed by atoms with Crippen LogP contribution in [0.3, 0.4) is 0 Å². The molecule has 0 radical (unpaired) electrons. The summed E-state index contributed by atoms with van der Waals surface area (Å²) in [5.41, 5.74) is 4.56. The van der Waals surface area contributed by atoms with Gasteiger partial charge in [-0.3, -0.25) is 9.59 Å². The van der Waals surface area contributed by atoms with Crippen LogP contribution in [0.4, 0.5) is 4.79 Å². The average molecular weight is 479 g/mol. The molecule has 2 fully saturated rings. The molecule has 1 saturated carbocycles. The second kappa shape index (κ2) is 10.1. The van der Waals surface area contributed by atoms with Crippen molar-refractivity contribution in [2.24, 2.45) is 11.8 Å². The average Bonchev–Trinajstić information content (AvgIpc) is 3.38. The maximum atomic E-state index is 12.9. The third-order valence-electron chi connectivity index (χ3n) is 7.51. The van der Waals surface area contributed by atoms with Gasteiger partial charge in [-0.2, -0.15) is 0 Å². The van der Waals surface area contributed by atoms with Gasteiger partial charge in [0.2, 0.25) is 5.91 Å². The van der Waals surface area contributed by atoms with E-state index in [0.717, 1.165) is 41.5 Å². The number of hydrogen-bond donors (Lipinski definition) is 3. The number of carboxylic acids is 1. The highest BCUT2D eigenvalue weighted by Crippen LogP contribution is 2.44. The van der Waals surface area contributed by atoms with Crippen molar-refractivity contribution in [1.82, 2.24) is 10.6 Å². The molecule has 5 rings (SSSR count). The maximum absolute atomic E-state index is 12.9. The number of carbonyl (C=O) groups is 3. The number of rotatable bonds is 8. The summed E-state index contributed by atoms with van der Waals surface area (Å²) >= 11 is 0. The van der Waals surface area contributed by atoms with Crippen LogP contribution in [0.2, 0.25) is 0 Å². The number of nitrogens with one attached hydrogen (secondary N) is 2. The van der Waals surface area contributed by atoms with Crippen LogP contribution in [-0.2, 0) is 19.1 Å². The second-order valence-electron chi connectivity index (χ2n) is 9.62. The van der Waals surface area contributed by atoms with Crippen molar-refractivity contribution >= 4 is 18.0 Å². The van der Waals surface area contributed by atoms with Crippen molar-refractivity contribution in [3.63, 3.8) is 0 Å². The lowest BCUT2D eigenvalue weighted by atomic mass is 9.78. The van der Waals surface area contributed by atoms with Gasteiger partial charge in [-0.15, -0.1) is 0 Å². The highest BCUT2D eigenvalue weighted by atomic mass is 16.5. The lowest BCUT2D eigenvalue weighted by Gasteiger charge is -2.34. The summed E-state index contributed by atoms with van der Waals surface area (Å²) in [6.07, 6.45) is 2.19. The van der Waals surface area contributed by atoms with Crippen molar-refractivity contribution in [2.45, 2.75) is 43.7 Å². The maximum Gasteiger partial charge on any atom is 0.407 e. The van der Waals surface area contributed by atoms with Gasteiger partial charge in [0.25, 0.3) is 0 Å². The zero-order valence-corrected chi connectivity index (χ0v) is 19.4. The molecule has 2 aromatic carbocycles. The molecule has 1 heterocycles. The van der Waals surface area contributed by atoms with E-state index in [1.54, 1.807) is 0 Å². The number of ether oxygens (including phenoxy) is 2. The lowest BCUT2D eigenvalue weighted by Crippen LogP contribution is -2.51.